The van der Waals surface area contributed by atoms with Crippen molar-refractivity contribution in [3.8, 4) is 16.9 Å². The van der Waals surface area contributed by atoms with Gasteiger partial charge in [-0.25, -0.2) is 4.39 Å². The van der Waals surface area contributed by atoms with Crippen LogP contribution >= 0.6 is 0 Å². The Labute approximate surface area is 101 Å². The number of phenols is 1. The van der Waals surface area contributed by atoms with Crippen LogP contribution in [-0.4, -0.2) is 5.11 Å². The van der Waals surface area contributed by atoms with E-state index in [4.69, 9.17) is 5.11 Å². The fourth-order valence-corrected chi connectivity index (χ4v) is 1.79. The van der Waals surface area contributed by atoms with Gasteiger partial charge in [0.1, 0.15) is 11.6 Å². The van der Waals surface area contributed by atoms with E-state index in [0.29, 0.717) is 11.5 Å². The molecule has 2 aromatic carbocycles. The molecule has 2 rings (SSSR count). The van der Waals surface area contributed by atoms with E-state index in [1.54, 1.807) is 6.07 Å². The minimum atomic E-state index is -0.401. The van der Waals surface area contributed by atoms with Crippen molar-refractivity contribution in [1.82, 2.24) is 0 Å². The lowest BCUT2D eigenvalue weighted by Gasteiger charge is -2.08. The van der Waals surface area contributed by atoms with Gasteiger partial charge in [0.25, 0.3) is 0 Å². The predicted molar refractivity (Wildman–Crippen MR) is 67.6 cm³/mol. The smallest absolute Gasteiger partial charge is 0.134 e. The monoisotopic (exact) mass is 230 g/mol. The average Bonchev–Trinajstić information content (AvgIpc) is 2.29. The molecule has 0 spiro atoms. The zero-order chi connectivity index (χ0) is 12.4. The number of hydrogen-bond donors (Lipinski definition) is 1. The van der Waals surface area contributed by atoms with Crippen LogP contribution in [0.25, 0.3) is 11.1 Å². The summed E-state index contributed by atoms with van der Waals surface area (Å²) in [5.74, 6) is 0.0149. The van der Waals surface area contributed by atoms with E-state index in [0.717, 1.165) is 11.6 Å². The maximum absolute atomic E-state index is 13.6. The standard InChI is InChI=1S/C15H15FO/c1-10(2)11-3-5-12(6-4-11)14-8-7-13(17)9-15(14)16/h3-10,17H,1-2H3. The molecule has 0 amide bonds. The first-order valence-electron chi connectivity index (χ1n) is 5.67. The second-order valence-electron chi connectivity index (χ2n) is 4.44. The molecule has 0 unspecified atom stereocenters. The van der Waals surface area contributed by atoms with Gasteiger partial charge in [-0.3, -0.25) is 0 Å². The second-order valence-corrected chi connectivity index (χ2v) is 4.44. The SMILES string of the molecule is CC(C)c1ccc(-c2ccc(O)cc2F)cc1. The quantitative estimate of drug-likeness (QED) is 0.814. The summed E-state index contributed by atoms with van der Waals surface area (Å²) in [6.07, 6.45) is 0. The number of phenolic OH excluding ortho intramolecular Hbond substituents is 1. The zero-order valence-corrected chi connectivity index (χ0v) is 9.94. The third-order valence-corrected chi connectivity index (χ3v) is 2.84. The molecular weight excluding hydrogens is 215 g/mol. The number of rotatable bonds is 2. The highest BCUT2D eigenvalue weighted by Gasteiger charge is 2.06. The molecule has 17 heavy (non-hydrogen) atoms. The molecule has 1 nitrogen and oxygen atoms in total. The summed E-state index contributed by atoms with van der Waals surface area (Å²) in [5.41, 5.74) is 2.57. The summed E-state index contributed by atoms with van der Waals surface area (Å²) in [6, 6.07) is 12.0. The van der Waals surface area contributed by atoms with E-state index in [-0.39, 0.29) is 5.75 Å². The molecule has 0 aliphatic heterocycles. The fourth-order valence-electron chi connectivity index (χ4n) is 1.79. The summed E-state index contributed by atoms with van der Waals surface area (Å²) in [7, 11) is 0. The predicted octanol–water partition coefficient (Wildman–Crippen LogP) is 4.32. The lowest BCUT2D eigenvalue weighted by molar-refractivity contribution is 0.469. The molecule has 0 atom stereocenters. The van der Waals surface area contributed by atoms with Gasteiger partial charge in [0.15, 0.2) is 0 Å². The van der Waals surface area contributed by atoms with Crippen LogP contribution < -0.4 is 0 Å². The first-order valence-corrected chi connectivity index (χ1v) is 5.67. The Hall–Kier alpha value is -1.83. The zero-order valence-electron chi connectivity index (χ0n) is 9.94. The largest absolute Gasteiger partial charge is 0.508 e. The third kappa shape index (κ3) is 2.47. The van der Waals surface area contributed by atoms with Gasteiger partial charge >= 0.3 is 0 Å². The van der Waals surface area contributed by atoms with Crippen molar-refractivity contribution in [3.63, 3.8) is 0 Å². The van der Waals surface area contributed by atoms with Gasteiger partial charge in [-0.1, -0.05) is 38.1 Å². The summed E-state index contributed by atoms with van der Waals surface area (Å²) in [5, 5.41) is 9.16. The summed E-state index contributed by atoms with van der Waals surface area (Å²) >= 11 is 0. The van der Waals surface area contributed by atoms with Crippen LogP contribution in [0.1, 0.15) is 25.3 Å². The minimum Gasteiger partial charge on any atom is -0.508 e. The summed E-state index contributed by atoms with van der Waals surface area (Å²) < 4.78 is 13.6. The van der Waals surface area contributed by atoms with Gasteiger partial charge < -0.3 is 5.11 Å². The molecule has 1 N–H and O–H groups in total. The van der Waals surface area contributed by atoms with Crippen LogP contribution in [0.5, 0.6) is 5.75 Å². The van der Waals surface area contributed by atoms with Gasteiger partial charge in [0, 0.05) is 11.6 Å². The van der Waals surface area contributed by atoms with E-state index in [2.05, 4.69) is 13.8 Å². The Balaban J connectivity index is 2.40. The molecule has 0 fully saturated rings. The molecule has 88 valence electrons. The maximum atomic E-state index is 13.6. The minimum absolute atomic E-state index is 0.0509. The number of hydrogen-bond acceptors (Lipinski definition) is 1. The van der Waals surface area contributed by atoms with Crippen LogP contribution in [0.2, 0.25) is 0 Å². The van der Waals surface area contributed by atoms with Gasteiger partial charge in [-0.2, -0.15) is 0 Å². The number of benzene rings is 2. The van der Waals surface area contributed by atoms with E-state index in [1.165, 1.54) is 11.6 Å². The summed E-state index contributed by atoms with van der Waals surface area (Å²) in [6.45, 7) is 4.24. The molecule has 0 aliphatic carbocycles. The van der Waals surface area contributed by atoms with Crippen LogP contribution in [0, 0.1) is 5.82 Å². The van der Waals surface area contributed by atoms with Crippen LogP contribution in [0.4, 0.5) is 4.39 Å². The van der Waals surface area contributed by atoms with Crippen LogP contribution in [-0.2, 0) is 0 Å². The topological polar surface area (TPSA) is 20.2 Å². The Kier molecular flexibility index (Phi) is 3.14. The van der Waals surface area contributed by atoms with Crippen molar-refractivity contribution in [3.05, 3.63) is 53.8 Å². The van der Waals surface area contributed by atoms with Crippen molar-refractivity contribution < 1.29 is 9.50 Å². The van der Waals surface area contributed by atoms with Crippen molar-refractivity contribution in [2.24, 2.45) is 0 Å². The van der Waals surface area contributed by atoms with Crippen LogP contribution in [0.3, 0.4) is 0 Å². The Morgan fingerprint density at radius 3 is 2.18 bits per heavy atom. The highest BCUT2D eigenvalue weighted by Crippen LogP contribution is 2.27. The van der Waals surface area contributed by atoms with E-state index in [9.17, 15) is 4.39 Å². The molecule has 0 saturated carbocycles. The lowest BCUT2D eigenvalue weighted by Crippen LogP contribution is -1.88. The van der Waals surface area contributed by atoms with Crippen molar-refractivity contribution >= 4 is 0 Å². The lowest BCUT2D eigenvalue weighted by atomic mass is 9.98. The molecule has 0 aliphatic rings. The van der Waals surface area contributed by atoms with Gasteiger partial charge in [0.2, 0.25) is 0 Å². The first kappa shape index (κ1) is 11.6. The second kappa shape index (κ2) is 4.58. The third-order valence-electron chi connectivity index (χ3n) is 2.84. The Bertz CT molecular complexity index is 515. The van der Waals surface area contributed by atoms with Crippen molar-refractivity contribution in [1.29, 1.82) is 0 Å². The van der Waals surface area contributed by atoms with Gasteiger partial charge in [-0.05, 0) is 29.2 Å². The van der Waals surface area contributed by atoms with Gasteiger partial charge in [-0.15, -0.1) is 0 Å². The highest BCUT2D eigenvalue weighted by molar-refractivity contribution is 5.65. The molecule has 0 radical (unpaired) electrons. The molecular formula is C15H15FO. The molecule has 2 aromatic rings. The molecule has 0 bridgehead atoms. The maximum Gasteiger partial charge on any atom is 0.134 e. The molecule has 0 aromatic heterocycles. The number of aromatic hydroxyl groups is 1. The highest BCUT2D eigenvalue weighted by atomic mass is 19.1. The Morgan fingerprint density at radius 2 is 1.65 bits per heavy atom. The van der Waals surface area contributed by atoms with Gasteiger partial charge in [0.05, 0.1) is 0 Å². The van der Waals surface area contributed by atoms with E-state index >= 15 is 0 Å². The Morgan fingerprint density at radius 1 is 1.00 bits per heavy atom. The normalized spacial score (nSPS) is 10.8. The van der Waals surface area contributed by atoms with Crippen molar-refractivity contribution in [2.45, 2.75) is 19.8 Å². The van der Waals surface area contributed by atoms with E-state index in [1.807, 2.05) is 24.3 Å². The average molecular weight is 230 g/mol. The molecule has 2 heteroatoms. The number of halogens is 1. The molecule has 0 saturated heterocycles. The van der Waals surface area contributed by atoms with E-state index < -0.39 is 5.82 Å². The first-order chi connectivity index (χ1) is 8.08. The fraction of sp³-hybridized carbons (Fsp3) is 0.200. The van der Waals surface area contributed by atoms with Crippen molar-refractivity contribution in [2.75, 3.05) is 0 Å². The summed E-state index contributed by atoms with van der Waals surface area (Å²) in [4.78, 5) is 0. The van der Waals surface area contributed by atoms with Crippen LogP contribution in [0.15, 0.2) is 42.5 Å². The molecule has 0 heterocycles.